The van der Waals surface area contributed by atoms with Gasteiger partial charge in [0.1, 0.15) is 0 Å². The lowest BCUT2D eigenvalue weighted by Gasteiger charge is -2.25. The van der Waals surface area contributed by atoms with Crippen molar-refractivity contribution in [2.24, 2.45) is 5.92 Å². The van der Waals surface area contributed by atoms with Crippen LogP contribution in [0.15, 0.2) is 40.2 Å². The standard InChI is InChI=1S/C17H18BrNS/c1-11(12-5-3-2-4-6-12)19-8-13-7-14-16(18)10-20-17(14)15(13)9-19/h2-6,10-11,13,15H,7-9H2,1H3. The van der Waals surface area contributed by atoms with Gasteiger partial charge in [0, 0.05) is 39.8 Å². The third kappa shape index (κ3) is 1.99. The number of hydrogen-bond donors (Lipinski definition) is 0. The lowest BCUT2D eigenvalue weighted by molar-refractivity contribution is 0.250. The predicted octanol–water partition coefficient (Wildman–Crippen LogP) is 4.84. The van der Waals surface area contributed by atoms with Gasteiger partial charge in [-0.2, -0.15) is 0 Å². The molecule has 1 aliphatic carbocycles. The molecule has 2 heterocycles. The molecule has 1 nitrogen and oxygen atoms in total. The van der Waals surface area contributed by atoms with Crippen LogP contribution in [0.25, 0.3) is 0 Å². The fourth-order valence-corrected chi connectivity index (χ4v) is 5.75. The summed E-state index contributed by atoms with van der Waals surface area (Å²) in [6.45, 7) is 4.82. The topological polar surface area (TPSA) is 3.24 Å². The summed E-state index contributed by atoms with van der Waals surface area (Å²) in [6.07, 6.45) is 1.27. The predicted molar refractivity (Wildman–Crippen MR) is 88.4 cm³/mol. The van der Waals surface area contributed by atoms with Gasteiger partial charge in [0.05, 0.1) is 0 Å². The van der Waals surface area contributed by atoms with Crippen molar-refractivity contribution in [1.82, 2.24) is 4.90 Å². The number of thiophene rings is 1. The van der Waals surface area contributed by atoms with Crippen molar-refractivity contribution in [3.8, 4) is 0 Å². The Hall–Kier alpha value is -0.640. The van der Waals surface area contributed by atoms with Crippen LogP contribution in [0, 0.1) is 5.92 Å². The molecular weight excluding hydrogens is 330 g/mol. The molecule has 1 saturated heterocycles. The molecule has 4 rings (SSSR count). The Morgan fingerprint density at radius 3 is 2.85 bits per heavy atom. The lowest BCUT2D eigenvalue weighted by atomic mass is 10.0. The third-order valence-electron chi connectivity index (χ3n) is 4.98. The number of halogens is 1. The SMILES string of the molecule is CC(c1ccccc1)N1CC2Cc3c(Br)csc3C2C1. The van der Waals surface area contributed by atoms with E-state index in [2.05, 4.69) is 63.5 Å². The first-order valence-electron chi connectivity index (χ1n) is 7.29. The van der Waals surface area contributed by atoms with Crippen molar-refractivity contribution in [2.75, 3.05) is 13.1 Å². The van der Waals surface area contributed by atoms with E-state index in [4.69, 9.17) is 0 Å². The summed E-state index contributed by atoms with van der Waals surface area (Å²) in [4.78, 5) is 4.31. The molecule has 104 valence electrons. The minimum absolute atomic E-state index is 0.536. The molecule has 1 aromatic heterocycles. The van der Waals surface area contributed by atoms with Crippen molar-refractivity contribution in [1.29, 1.82) is 0 Å². The molecule has 1 aliphatic heterocycles. The summed E-state index contributed by atoms with van der Waals surface area (Å²) in [5.41, 5.74) is 3.04. The highest BCUT2D eigenvalue weighted by Crippen LogP contribution is 2.49. The summed E-state index contributed by atoms with van der Waals surface area (Å²) in [7, 11) is 0. The van der Waals surface area contributed by atoms with Gasteiger partial charge in [0.15, 0.2) is 0 Å². The zero-order chi connectivity index (χ0) is 13.7. The largest absolute Gasteiger partial charge is 0.296 e. The van der Waals surface area contributed by atoms with Gasteiger partial charge < -0.3 is 0 Å². The number of hydrogen-bond acceptors (Lipinski definition) is 2. The Kier molecular flexibility index (Phi) is 3.24. The van der Waals surface area contributed by atoms with Crippen LogP contribution in [-0.2, 0) is 6.42 Å². The van der Waals surface area contributed by atoms with Gasteiger partial charge in [-0.1, -0.05) is 30.3 Å². The minimum atomic E-state index is 0.536. The van der Waals surface area contributed by atoms with Gasteiger partial charge in [-0.3, -0.25) is 4.90 Å². The summed E-state index contributed by atoms with van der Waals surface area (Å²) < 4.78 is 1.34. The number of nitrogens with zero attached hydrogens (tertiary/aromatic N) is 1. The van der Waals surface area contributed by atoms with Gasteiger partial charge in [0.2, 0.25) is 0 Å². The van der Waals surface area contributed by atoms with E-state index in [0.717, 1.165) is 11.8 Å². The van der Waals surface area contributed by atoms with E-state index in [9.17, 15) is 0 Å². The van der Waals surface area contributed by atoms with Crippen molar-refractivity contribution in [3.63, 3.8) is 0 Å². The Morgan fingerprint density at radius 1 is 1.25 bits per heavy atom. The van der Waals surface area contributed by atoms with Gasteiger partial charge in [-0.25, -0.2) is 0 Å². The quantitative estimate of drug-likeness (QED) is 0.750. The van der Waals surface area contributed by atoms with Crippen molar-refractivity contribution >= 4 is 27.3 Å². The van der Waals surface area contributed by atoms with E-state index in [1.807, 2.05) is 11.3 Å². The molecule has 3 unspecified atom stereocenters. The van der Waals surface area contributed by atoms with E-state index in [0.29, 0.717) is 6.04 Å². The van der Waals surface area contributed by atoms with Crippen LogP contribution in [0.5, 0.6) is 0 Å². The van der Waals surface area contributed by atoms with Gasteiger partial charge in [-0.05, 0) is 46.3 Å². The number of rotatable bonds is 2. The smallest absolute Gasteiger partial charge is 0.0320 e. The first-order valence-corrected chi connectivity index (χ1v) is 8.96. The van der Waals surface area contributed by atoms with E-state index < -0.39 is 0 Å². The second kappa shape index (κ2) is 4.97. The minimum Gasteiger partial charge on any atom is -0.296 e. The first kappa shape index (κ1) is 13.1. The van der Waals surface area contributed by atoms with E-state index in [1.54, 1.807) is 10.4 Å². The molecule has 2 aromatic rings. The molecule has 3 atom stereocenters. The molecule has 0 spiro atoms. The summed E-state index contributed by atoms with van der Waals surface area (Å²) in [6, 6.07) is 11.4. The van der Waals surface area contributed by atoms with E-state index in [-0.39, 0.29) is 0 Å². The highest BCUT2D eigenvalue weighted by atomic mass is 79.9. The zero-order valence-corrected chi connectivity index (χ0v) is 14.0. The van der Waals surface area contributed by atoms with Gasteiger partial charge in [-0.15, -0.1) is 11.3 Å². The molecule has 2 aliphatic rings. The Labute approximate surface area is 132 Å². The second-order valence-electron chi connectivity index (χ2n) is 6.04. The third-order valence-corrected chi connectivity index (χ3v) is 7.14. The Balaban J connectivity index is 1.55. The molecule has 3 heteroatoms. The average molecular weight is 348 g/mol. The van der Waals surface area contributed by atoms with Crippen LogP contribution < -0.4 is 0 Å². The molecule has 0 radical (unpaired) electrons. The van der Waals surface area contributed by atoms with Gasteiger partial charge >= 0.3 is 0 Å². The highest BCUT2D eigenvalue weighted by Gasteiger charge is 2.42. The Morgan fingerprint density at radius 2 is 2.05 bits per heavy atom. The van der Waals surface area contributed by atoms with Gasteiger partial charge in [0.25, 0.3) is 0 Å². The maximum atomic E-state index is 3.70. The maximum absolute atomic E-state index is 3.70. The summed E-state index contributed by atoms with van der Waals surface area (Å²) >= 11 is 5.65. The van der Waals surface area contributed by atoms with Crippen molar-refractivity contribution < 1.29 is 0 Å². The van der Waals surface area contributed by atoms with Crippen molar-refractivity contribution in [2.45, 2.75) is 25.3 Å². The van der Waals surface area contributed by atoms with Crippen LogP contribution in [-0.4, -0.2) is 18.0 Å². The summed E-state index contributed by atoms with van der Waals surface area (Å²) in [5, 5.41) is 2.27. The molecule has 1 aromatic carbocycles. The molecule has 1 fully saturated rings. The van der Waals surface area contributed by atoms with E-state index >= 15 is 0 Å². The van der Waals surface area contributed by atoms with Crippen LogP contribution in [0.3, 0.4) is 0 Å². The molecule has 0 amide bonds. The molecule has 0 saturated carbocycles. The number of fused-ring (bicyclic) bond motifs is 3. The highest BCUT2D eigenvalue weighted by molar-refractivity contribution is 9.10. The maximum Gasteiger partial charge on any atom is 0.0320 e. The van der Waals surface area contributed by atoms with Crippen LogP contribution in [0.2, 0.25) is 0 Å². The number of likely N-dealkylation sites (tertiary alicyclic amines) is 1. The first-order chi connectivity index (χ1) is 9.74. The fourth-order valence-electron chi connectivity index (χ4n) is 3.81. The molecule has 0 N–H and O–H groups in total. The Bertz CT molecular complexity index is 621. The molecule has 0 bridgehead atoms. The number of benzene rings is 1. The lowest BCUT2D eigenvalue weighted by Crippen LogP contribution is -2.25. The van der Waals surface area contributed by atoms with Crippen LogP contribution in [0.1, 0.15) is 34.9 Å². The monoisotopic (exact) mass is 347 g/mol. The molecular formula is C17H18BrNS. The second-order valence-corrected chi connectivity index (χ2v) is 7.80. The normalized spacial score (nSPS) is 26.5. The fraction of sp³-hybridized carbons (Fsp3) is 0.412. The van der Waals surface area contributed by atoms with E-state index in [1.165, 1.54) is 29.5 Å². The van der Waals surface area contributed by atoms with Crippen LogP contribution >= 0.6 is 27.3 Å². The zero-order valence-electron chi connectivity index (χ0n) is 11.6. The van der Waals surface area contributed by atoms with Crippen molar-refractivity contribution in [3.05, 3.63) is 56.2 Å². The average Bonchev–Trinajstić information content (AvgIpc) is 3.12. The summed E-state index contributed by atoms with van der Waals surface area (Å²) in [5.74, 6) is 1.60. The van der Waals surface area contributed by atoms with Crippen LogP contribution in [0.4, 0.5) is 0 Å². The molecule has 20 heavy (non-hydrogen) atoms.